The van der Waals surface area contributed by atoms with Crippen molar-refractivity contribution in [2.45, 2.75) is 0 Å². The lowest BCUT2D eigenvalue weighted by Gasteiger charge is -2.09. The summed E-state index contributed by atoms with van der Waals surface area (Å²) < 4.78 is 5.16. The molecule has 320 valence electrons. The van der Waals surface area contributed by atoms with Crippen molar-refractivity contribution in [2.75, 3.05) is 7.11 Å². The summed E-state index contributed by atoms with van der Waals surface area (Å²) in [6, 6.07) is 74.0. The van der Waals surface area contributed by atoms with Gasteiger partial charge in [-0.05, 0) is 34.4 Å². The summed E-state index contributed by atoms with van der Waals surface area (Å²) in [4.78, 5) is 32.8. The molecule has 2 N–H and O–H groups in total. The van der Waals surface area contributed by atoms with E-state index in [2.05, 4.69) is 198 Å². The first-order chi connectivity index (χ1) is 33.6. The lowest BCUT2D eigenvalue weighted by Crippen LogP contribution is -2.00. The largest absolute Gasteiger partial charge is 0.465 e. The molecule has 0 amide bonds. The number of ether oxygens (including phenoxy) is 1. The van der Waals surface area contributed by atoms with Crippen LogP contribution in [0.2, 0.25) is 0 Å². The Bertz CT molecular complexity index is 3970. The van der Waals surface area contributed by atoms with E-state index in [0.29, 0.717) is 5.56 Å². The van der Waals surface area contributed by atoms with Crippen LogP contribution in [0.15, 0.2) is 212 Å². The molecule has 10 aromatic rings. The second-order valence-corrected chi connectivity index (χ2v) is 17.2. The fraction of sp³-hybridized carbons (Fsp3) is 0.0161. The van der Waals surface area contributed by atoms with Crippen LogP contribution < -0.4 is 0 Å². The van der Waals surface area contributed by atoms with Gasteiger partial charge in [0.25, 0.3) is 0 Å². The van der Waals surface area contributed by atoms with Crippen LogP contribution in [0.1, 0.15) is 10.4 Å². The summed E-state index contributed by atoms with van der Waals surface area (Å²) in [7, 11) is 1.41. The zero-order valence-electron chi connectivity index (χ0n) is 36.9. The monoisotopic (exact) mass is 872 g/mol. The molecule has 1 aliphatic carbocycles. The van der Waals surface area contributed by atoms with Crippen molar-refractivity contribution >= 4 is 49.6 Å². The van der Waals surface area contributed by atoms with E-state index < -0.39 is 5.97 Å². The molecule has 0 spiro atoms. The first kappa shape index (κ1) is 39.3. The quantitative estimate of drug-likeness (QED) is 0.169. The molecule has 0 atom stereocenters. The number of aromatic amines is 2. The Balaban J connectivity index is 1.36. The second kappa shape index (κ2) is 15.8. The Kier molecular flexibility index (Phi) is 9.12. The van der Waals surface area contributed by atoms with Crippen LogP contribution in [-0.2, 0) is 4.74 Å². The lowest BCUT2D eigenvalue weighted by atomic mass is 9.93. The second-order valence-electron chi connectivity index (χ2n) is 17.2. The Hall–Kier alpha value is -9.13. The maximum absolute atomic E-state index is 12.9. The van der Waals surface area contributed by atoms with Gasteiger partial charge >= 0.3 is 5.97 Å². The van der Waals surface area contributed by atoms with Crippen LogP contribution in [0.4, 0.5) is 0 Å². The van der Waals surface area contributed by atoms with Crippen molar-refractivity contribution in [1.82, 2.24) is 19.9 Å². The number of aromatic nitrogens is 4. The number of nitrogens with zero attached hydrogens (tertiary/aromatic N) is 2. The molecule has 2 aromatic heterocycles. The van der Waals surface area contributed by atoms with E-state index in [-0.39, 0.29) is 0 Å². The normalized spacial score (nSPS) is 11.7. The van der Waals surface area contributed by atoms with Gasteiger partial charge in [0.2, 0.25) is 0 Å². The molecular weight excluding hydrogens is 833 g/mol. The minimum Gasteiger partial charge on any atom is -0.465 e. The van der Waals surface area contributed by atoms with Gasteiger partial charge in [-0.15, -0.1) is 0 Å². The van der Waals surface area contributed by atoms with Crippen LogP contribution >= 0.6 is 0 Å². The van der Waals surface area contributed by atoms with Crippen LogP contribution in [-0.4, -0.2) is 33.0 Å². The molecule has 6 heteroatoms. The van der Waals surface area contributed by atoms with E-state index in [1.54, 1.807) is 0 Å². The predicted molar refractivity (Wildman–Crippen MR) is 278 cm³/mol. The van der Waals surface area contributed by atoms with Crippen molar-refractivity contribution in [2.24, 2.45) is 0 Å². The van der Waals surface area contributed by atoms with Gasteiger partial charge in [-0.2, -0.15) is 0 Å². The Labute approximate surface area is 391 Å². The lowest BCUT2D eigenvalue weighted by molar-refractivity contribution is 0.0600. The number of carbonyl (C=O) groups excluding carboxylic acids is 1. The van der Waals surface area contributed by atoms with E-state index in [9.17, 15) is 4.79 Å². The fourth-order valence-corrected chi connectivity index (χ4v) is 10.5. The van der Waals surface area contributed by atoms with E-state index in [4.69, 9.17) is 14.7 Å². The Morgan fingerprint density at radius 3 is 0.897 bits per heavy atom. The summed E-state index contributed by atoms with van der Waals surface area (Å²) in [6.07, 6.45) is 0. The average molecular weight is 873 g/mol. The minimum absolute atomic E-state index is 0.394. The number of H-pyrrole nitrogens is 2. The first-order valence-corrected chi connectivity index (χ1v) is 22.8. The zero-order valence-corrected chi connectivity index (χ0v) is 36.9. The van der Waals surface area contributed by atoms with Crippen LogP contribution in [0.3, 0.4) is 0 Å². The molecule has 0 radical (unpaired) electrons. The van der Waals surface area contributed by atoms with E-state index in [0.717, 1.165) is 133 Å². The molecule has 0 unspecified atom stereocenters. The van der Waals surface area contributed by atoms with Crippen molar-refractivity contribution in [3.63, 3.8) is 0 Å². The maximum atomic E-state index is 12.9. The summed E-state index contributed by atoms with van der Waals surface area (Å²) >= 11 is 0. The van der Waals surface area contributed by atoms with Gasteiger partial charge in [-0.3, -0.25) is 0 Å². The molecule has 2 aliphatic heterocycles. The highest BCUT2D eigenvalue weighted by Gasteiger charge is 2.29. The third-order valence-corrected chi connectivity index (χ3v) is 13.5. The molecule has 4 heterocycles. The Morgan fingerprint density at radius 2 is 0.603 bits per heavy atom. The molecule has 68 heavy (non-hydrogen) atoms. The standard InChI is InChI=1S/C62H40N4O2/c1-68-62(67)41-35-33-40(34-36-41)53-60-48-31-17-15-29-46(48)58(65-60)51(38-21-7-3-8-22-38)56-44-27-13-11-25-42(44)54(63-56)50(37-19-5-2-6-20-37)55-43-26-12-14-28-45(43)57(64-55)52(39-23-9-4-10-24-39)59-47-30-16-18-32-49(47)61(53)66-59/h2-36,63,66H,1H3. The number of rotatable bonds is 5. The number of methoxy groups -OCH3 is 1. The average Bonchev–Trinajstić information content (AvgIpc) is 4.18. The van der Waals surface area contributed by atoms with Crippen molar-refractivity contribution < 1.29 is 9.53 Å². The van der Waals surface area contributed by atoms with Crippen LogP contribution in [0, 0.1) is 0 Å². The third-order valence-electron chi connectivity index (χ3n) is 13.5. The minimum atomic E-state index is -0.394. The van der Waals surface area contributed by atoms with Gasteiger partial charge < -0.3 is 14.7 Å². The van der Waals surface area contributed by atoms with E-state index in [1.807, 2.05) is 24.3 Å². The molecule has 0 saturated carbocycles. The molecule has 13 rings (SSSR count). The Morgan fingerprint density at radius 1 is 0.338 bits per heavy atom. The molecule has 6 nitrogen and oxygen atoms in total. The number of hydrogen-bond acceptors (Lipinski definition) is 4. The van der Waals surface area contributed by atoms with Gasteiger partial charge in [0.15, 0.2) is 0 Å². The molecular formula is C62H40N4O2. The van der Waals surface area contributed by atoms with Gasteiger partial charge in [0.05, 0.1) is 57.5 Å². The molecule has 0 fully saturated rings. The van der Waals surface area contributed by atoms with Crippen molar-refractivity contribution in [3.8, 4) is 89.5 Å². The summed E-state index contributed by atoms with van der Waals surface area (Å²) in [6.45, 7) is 0. The van der Waals surface area contributed by atoms with Gasteiger partial charge in [0, 0.05) is 66.1 Å². The highest BCUT2D eigenvalue weighted by Crippen LogP contribution is 2.51. The van der Waals surface area contributed by atoms with E-state index >= 15 is 0 Å². The molecule has 0 saturated heterocycles. The van der Waals surface area contributed by atoms with Crippen LogP contribution in [0.5, 0.6) is 0 Å². The van der Waals surface area contributed by atoms with Crippen molar-refractivity contribution in [3.05, 3.63) is 218 Å². The number of esters is 1. The van der Waals surface area contributed by atoms with Gasteiger partial charge in [-0.1, -0.05) is 200 Å². The third kappa shape index (κ3) is 6.08. The smallest absolute Gasteiger partial charge is 0.337 e. The summed E-state index contributed by atoms with van der Waals surface area (Å²) in [5.74, 6) is -0.394. The fourth-order valence-electron chi connectivity index (χ4n) is 10.5. The van der Waals surface area contributed by atoms with Crippen LogP contribution in [0.25, 0.3) is 133 Å². The molecule has 3 aliphatic rings. The number of carbonyl (C=O) groups is 1. The van der Waals surface area contributed by atoms with Crippen molar-refractivity contribution in [1.29, 1.82) is 0 Å². The highest BCUT2D eigenvalue weighted by atomic mass is 16.5. The van der Waals surface area contributed by atoms with Gasteiger partial charge in [-0.25, -0.2) is 14.8 Å². The summed E-state index contributed by atoms with van der Waals surface area (Å²) in [5.41, 5.74) is 19.6. The SMILES string of the molecule is COC(=O)c1ccc(-c2c3nc(c(-c4ccccc4)c4[nH]c(c(-c5ccccc5)c5nc(c(-c6ccccc6)c6[nH]c2c2ccccc62)-c2ccccc2-5)c2ccccc42)-c2ccccc2-3)cc1. The molecule has 8 aromatic carbocycles. The number of nitrogens with one attached hydrogen (secondary N) is 2. The van der Waals surface area contributed by atoms with Gasteiger partial charge in [0.1, 0.15) is 0 Å². The summed E-state index contributed by atoms with van der Waals surface area (Å²) in [5, 5.41) is 4.22. The maximum Gasteiger partial charge on any atom is 0.337 e. The predicted octanol–water partition coefficient (Wildman–Crippen LogP) is 15.7. The number of benzene rings is 8. The van der Waals surface area contributed by atoms with E-state index in [1.165, 1.54) is 7.11 Å². The topological polar surface area (TPSA) is 83.7 Å². The number of hydrogen-bond donors (Lipinski definition) is 2. The molecule has 8 bridgehead atoms. The highest BCUT2D eigenvalue weighted by molar-refractivity contribution is 6.21. The first-order valence-electron chi connectivity index (χ1n) is 22.8. The zero-order chi connectivity index (χ0) is 45.3.